The van der Waals surface area contributed by atoms with Gasteiger partial charge in [-0.05, 0) is 42.5 Å². The molecule has 1 heterocycles. The first-order valence-corrected chi connectivity index (χ1v) is 8.21. The number of fused-ring (bicyclic) bond motifs is 1. The summed E-state index contributed by atoms with van der Waals surface area (Å²) >= 11 is 6.00. The van der Waals surface area contributed by atoms with Crippen LogP contribution in [0.2, 0.25) is 5.02 Å². The zero-order chi connectivity index (χ0) is 18.7. The maximum Gasteiger partial charge on any atom is 0.331 e. The van der Waals surface area contributed by atoms with Crippen molar-refractivity contribution < 1.29 is 19.1 Å². The monoisotopic (exact) mass is 373 g/mol. The van der Waals surface area contributed by atoms with Gasteiger partial charge in [0.2, 0.25) is 11.8 Å². The van der Waals surface area contributed by atoms with Gasteiger partial charge in [0.05, 0.1) is 12.2 Å². The largest absolute Gasteiger partial charge is 0.423 e. The number of anilines is 3. The molecule has 0 saturated carbocycles. The van der Waals surface area contributed by atoms with Crippen LogP contribution in [0.15, 0.2) is 42.5 Å². The first kappa shape index (κ1) is 17.8. The SMILES string of the molecule is CC(=O)Nc1ccc(NC(=O)CN2CC(=O)Oc3ccc(Cl)cc32)cc1. The van der Waals surface area contributed by atoms with Crippen molar-refractivity contribution in [3.05, 3.63) is 47.5 Å². The number of benzene rings is 2. The minimum atomic E-state index is -0.438. The van der Waals surface area contributed by atoms with Gasteiger partial charge in [0.25, 0.3) is 0 Å². The lowest BCUT2D eigenvalue weighted by Gasteiger charge is -2.29. The molecule has 1 aliphatic rings. The molecule has 0 atom stereocenters. The zero-order valence-electron chi connectivity index (χ0n) is 13.9. The van der Waals surface area contributed by atoms with Crippen LogP contribution in [0.25, 0.3) is 0 Å². The number of esters is 1. The molecule has 2 aromatic rings. The Labute approximate surface area is 154 Å². The lowest BCUT2D eigenvalue weighted by atomic mass is 10.2. The maximum absolute atomic E-state index is 12.3. The van der Waals surface area contributed by atoms with Crippen LogP contribution >= 0.6 is 11.6 Å². The van der Waals surface area contributed by atoms with E-state index >= 15 is 0 Å². The summed E-state index contributed by atoms with van der Waals surface area (Å²) in [6.45, 7) is 1.35. The predicted octanol–water partition coefficient (Wildman–Crippen LogP) is 2.66. The molecule has 0 aromatic heterocycles. The van der Waals surface area contributed by atoms with Gasteiger partial charge in [0.15, 0.2) is 5.75 Å². The van der Waals surface area contributed by atoms with E-state index in [-0.39, 0.29) is 24.9 Å². The molecular weight excluding hydrogens is 358 g/mol. The van der Waals surface area contributed by atoms with Crippen LogP contribution < -0.4 is 20.3 Å². The topological polar surface area (TPSA) is 87.7 Å². The third-order valence-electron chi connectivity index (χ3n) is 3.63. The molecule has 7 nitrogen and oxygen atoms in total. The number of nitrogens with one attached hydrogen (secondary N) is 2. The van der Waals surface area contributed by atoms with Gasteiger partial charge in [-0.1, -0.05) is 11.6 Å². The number of rotatable bonds is 4. The van der Waals surface area contributed by atoms with Crippen LogP contribution in [-0.2, 0) is 14.4 Å². The summed E-state index contributed by atoms with van der Waals surface area (Å²) in [5.41, 5.74) is 1.81. The lowest BCUT2D eigenvalue weighted by molar-refractivity contribution is -0.133. The van der Waals surface area contributed by atoms with Gasteiger partial charge >= 0.3 is 5.97 Å². The molecule has 0 saturated heterocycles. The molecule has 3 rings (SSSR count). The Hall–Kier alpha value is -3.06. The summed E-state index contributed by atoms with van der Waals surface area (Å²) in [5.74, 6) is -0.528. The van der Waals surface area contributed by atoms with Crippen LogP contribution in [0.4, 0.5) is 17.1 Å². The second kappa shape index (κ2) is 7.45. The second-order valence-electron chi connectivity index (χ2n) is 5.75. The van der Waals surface area contributed by atoms with Gasteiger partial charge in [-0.15, -0.1) is 0 Å². The van der Waals surface area contributed by atoms with E-state index in [9.17, 15) is 14.4 Å². The van der Waals surface area contributed by atoms with Crippen LogP contribution in [0.1, 0.15) is 6.92 Å². The molecule has 0 radical (unpaired) electrons. The summed E-state index contributed by atoms with van der Waals surface area (Å²) in [6, 6.07) is 11.6. The third-order valence-corrected chi connectivity index (χ3v) is 3.86. The van der Waals surface area contributed by atoms with Gasteiger partial charge in [-0.25, -0.2) is 4.79 Å². The fourth-order valence-corrected chi connectivity index (χ4v) is 2.74. The molecule has 134 valence electrons. The number of carbonyl (C=O) groups excluding carboxylic acids is 3. The van der Waals surface area contributed by atoms with Crippen molar-refractivity contribution in [2.75, 3.05) is 28.6 Å². The summed E-state index contributed by atoms with van der Waals surface area (Å²) in [4.78, 5) is 36.7. The fraction of sp³-hybridized carbons (Fsp3) is 0.167. The zero-order valence-corrected chi connectivity index (χ0v) is 14.7. The Kier molecular flexibility index (Phi) is 5.09. The van der Waals surface area contributed by atoms with Crippen molar-refractivity contribution >= 4 is 46.4 Å². The van der Waals surface area contributed by atoms with E-state index in [1.54, 1.807) is 47.4 Å². The molecular formula is C18H16ClN3O4. The Bertz CT molecular complexity index is 867. The van der Waals surface area contributed by atoms with Gasteiger partial charge < -0.3 is 20.3 Å². The van der Waals surface area contributed by atoms with E-state index in [1.807, 2.05) is 0 Å². The number of hydrogen-bond acceptors (Lipinski definition) is 5. The molecule has 1 aliphatic heterocycles. The first-order valence-electron chi connectivity index (χ1n) is 7.83. The molecule has 26 heavy (non-hydrogen) atoms. The minimum Gasteiger partial charge on any atom is -0.423 e. The van der Waals surface area contributed by atoms with Crippen LogP contribution in [-0.4, -0.2) is 30.9 Å². The van der Waals surface area contributed by atoms with Crippen molar-refractivity contribution in [3.8, 4) is 5.75 Å². The molecule has 2 N–H and O–H groups in total. The highest BCUT2D eigenvalue weighted by atomic mass is 35.5. The highest BCUT2D eigenvalue weighted by Crippen LogP contribution is 2.34. The lowest BCUT2D eigenvalue weighted by Crippen LogP contribution is -2.41. The standard InChI is InChI=1S/C18H16ClN3O4/c1-11(23)20-13-3-5-14(6-4-13)21-17(24)9-22-10-18(25)26-16-7-2-12(19)8-15(16)22/h2-8H,9-10H2,1H3,(H,20,23)(H,21,24). The average Bonchev–Trinajstić information content (AvgIpc) is 2.57. The normalized spacial score (nSPS) is 12.8. The highest BCUT2D eigenvalue weighted by Gasteiger charge is 2.26. The van der Waals surface area contributed by atoms with Crippen LogP contribution in [0.5, 0.6) is 5.75 Å². The predicted molar refractivity (Wildman–Crippen MR) is 98.7 cm³/mol. The van der Waals surface area contributed by atoms with Gasteiger partial charge in [0, 0.05) is 23.3 Å². The second-order valence-corrected chi connectivity index (χ2v) is 6.19. The van der Waals surface area contributed by atoms with E-state index in [0.717, 1.165) is 0 Å². The highest BCUT2D eigenvalue weighted by molar-refractivity contribution is 6.31. The number of hydrogen-bond donors (Lipinski definition) is 2. The molecule has 2 amide bonds. The van der Waals surface area contributed by atoms with E-state index in [1.165, 1.54) is 6.92 Å². The summed E-state index contributed by atoms with van der Waals surface area (Å²) < 4.78 is 5.16. The van der Waals surface area contributed by atoms with E-state index in [2.05, 4.69) is 10.6 Å². The quantitative estimate of drug-likeness (QED) is 0.635. The Balaban J connectivity index is 1.68. The maximum atomic E-state index is 12.3. The Morgan fingerprint density at radius 3 is 2.42 bits per heavy atom. The van der Waals surface area contributed by atoms with Crippen molar-refractivity contribution in [2.24, 2.45) is 0 Å². The van der Waals surface area contributed by atoms with Crippen LogP contribution in [0, 0.1) is 0 Å². The smallest absolute Gasteiger partial charge is 0.331 e. The summed E-state index contributed by atoms with van der Waals surface area (Å²) in [5, 5.41) is 5.89. The Morgan fingerprint density at radius 1 is 1.12 bits per heavy atom. The Morgan fingerprint density at radius 2 is 1.77 bits per heavy atom. The molecule has 0 spiro atoms. The van der Waals surface area contributed by atoms with E-state index < -0.39 is 5.97 Å². The molecule has 2 aromatic carbocycles. The number of amides is 2. The third kappa shape index (κ3) is 4.31. The van der Waals surface area contributed by atoms with Gasteiger partial charge in [-0.3, -0.25) is 9.59 Å². The first-order chi connectivity index (χ1) is 12.4. The number of carbonyl (C=O) groups is 3. The number of ether oxygens (including phenoxy) is 1. The van der Waals surface area contributed by atoms with Crippen molar-refractivity contribution in [3.63, 3.8) is 0 Å². The average molecular weight is 374 g/mol. The van der Waals surface area contributed by atoms with E-state index in [4.69, 9.17) is 16.3 Å². The molecule has 0 unspecified atom stereocenters. The van der Waals surface area contributed by atoms with Crippen molar-refractivity contribution in [2.45, 2.75) is 6.92 Å². The molecule has 0 bridgehead atoms. The van der Waals surface area contributed by atoms with E-state index in [0.29, 0.717) is 27.8 Å². The minimum absolute atomic E-state index is 0.0319. The summed E-state index contributed by atoms with van der Waals surface area (Å²) in [6.07, 6.45) is 0. The molecule has 0 fully saturated rings. The molecule has 8 heteroatoms. The van der Waals surface area contributed by atoms with Gasteiger partial charge in [0.1, 0.15) is 6.54 Å². The number of nitrogens with zero attached hydrogens (tertiary/aromatic N) is 1. The number of halogens is 1. The van der Waals surface area contributed by atoms with Gasteiger partial charge in [-0.2, -0.15) is 0 Å². The fourth-order valence-electron chi connectivity index (χ4n) is 2.57. The van der Waals surface area contributed by atoms with Crippen molar-refractivity contribution in [1.82, 2.24) is 0 Å². The van der Waals surface area contributed by atoms with Crippen molar-refractivity contribution in [1.29, 1.82) is 0 Å². The van der Waals surface area contributed by atoms with Crippen LogP contribution in [0.3, 0.4) is 0 Å². The summed E-state index contributed by atoms with van der Waals surface area (Å²) in [7, 11) is 0. The molecule has 0 aliphatic carbocycles.